The molecule has 1 aromatic rings. The van der Waals surface area contributed by atoms with Crippen molar-refractivity contribution >= 4 is 44.3 Å². The van der Waals surface area contributed by atoms with E-state index in [4.69, 9.17) is 5.73 Å². The van der Waals surface area contributed by atoms with Gasteiger partial charge in [0.05, 0.1) is 11.3 Å². The molecule has 1 aromatic carbocycles. The quantitative estimate of drug-likeness (QED) is 0.416. The third-order valence-corrected chi connectivity index (χ3v) is 11.0. The number of thioether (sulfide) groups is 1. The summed E-state index contributed by atoms with van der Waals surface area (Å²) < 4.78 is 28.6. The maximum atomic E-state index is 13.6. The molecule has 9 nitrogen and oxygen atoms in total. The van der Waals surface area contributed by atoms with Crippen LogP contribution in [0.15, 0.2) is 39.4 Å². The van der Waals surface area contributed by atoms with Crippen molar-refractivity contribution in [3.63, 3.8) is 0 Å². The second kappa shape index (κ2) is 13.1. The highest BCUT2D eigenvalue weighted by molar-refractivity contribution is 8.16. The number of hydrogen-bond acceptors (Lipinski definition) is 7. The van der Waals surface area contributed by atoms with E-state index < -0.39 is 21.2 Å². The van der Waals surface area contributed by atoms with Crippen LogP contribution in [0.25, 0.3) is 0 Å². The molecule has 40 heavy (non-hydrogen) atoms. The third-order valence-electron chi connectivity index (χ3n) is 7.84. The van der Waals surface area contributed by atoms with E-state index in [1.54, 1.807) is 18.2 Å². The van der Waals surface area contributed by atoms with Gasteiger partial charge in [0.25, 0.3) is 5.91 Å². The molecule has 2 fully saturated rings. The van der Waals surface area contributed by atoms with E-state index in [0.717, 1.165) is 62.3 Å². The molecule has 1 saturated heterocycles. The highest BCUT2D eigenvalue weighted by atomic mass is 32.2. The number of nitrogens with two attached hydrogens (primary N) is 1. The van der Waals surface area contributed by atoms with Crippen LogP contribution in [-0.2, 0) is 19.6 Å². The van der Waals surface area contributed by atoms with Crippen molar-refractivity contribution in [2.24, 2.45) is 22.6 Å². The number of carbonyl (C=O) groups excluding carboxylic acids is 2. The lowest BCUT2D eigenvalue weighted by atomic mass is 9.86. The van der Waals surface area contributed by atoms with Crippen molar-refractivity contribution < 1.29 is 18.0 Å². The molecule has 11 heteroatoms. The van der Waals surface area contributed by atoms with Crippen LogP contribution in [0.3, 0.4) is 0 Å². The lowest BCUT2D eigenvalue weighted by Gasteiger charge is -2.29. The molecule has 2 aliphatic heterocycles. The van der Waals surface area contributed by atoms with E-state index in [0.29, 0.717) is 30.6 Å². The van der Waals surface area contributed by atoms with Crippen molar-refractivity contribution in [3.8, 4) is 0 Å². The van der Waals surface area contributed by atoms with Crippen LogP contribution in [0.5, 0.6) is 0 Å². The first kappa shape index (κ1) is 30.6. The Bertz CT molecular complexity index is 1290. The van der Waals surface area contributed by atoms with E-state index in [9.17, 15) is 18.0 Å². The first-order valence-electron chi connectivity index (χ1n) is 14.4. The van der Waals surface area contributed by atoms with E-state index >= 15 is 0 Å². The summed E-state index contributed by atoms with van der Waals surface area (Å²) in [6.45, 7) is 9.46. The monoisotopic (exact) mass is 589 g/mol. The minimum atomic E-state index is -3.79. The Morgan fingerprint density at radius 1 is 1.12 bits per heavy atom. The van der Waals surface area contributed by atoms with Crippen LogP contribution < -0.4 is 16.4 Å². The van der Waals surface area contributed by atoms with E-state index in [-0.39, 0.29) is 39.7 Å². The zero-order chi connectivity index (χ0) is 29.0. The maximum Gasteiger partial charge on any atom is 0.256 e. The normalized spacial score (nSPS) is 25.4. The number of amides is 2. The van der Waals surface area contributed by atoms with Gasteiger partial charge in [-0.05, 0) is 62.1 Å². The Morgan fingerprint density at radius 2 is 1.82 bits per heavy atom. The maximum absolute atomic E-state index is 13.6. The molecule has 0 bridgehead atoms. The summed E-state index contributed by atoms with van der Waals surface area (Å²) in [7, 11) is -3.79. The summed E-state index contributed by atoms with van der Waals surface area (Å²) >= 11 is 1.15. The Balaban J connectivity index is 1.61. The summed E-state index contributed by atoms with van der Waals surface area (Å²) in [4.78, 5) is 31.8. The third kappa shape index (κ3) is 6.91. The molecule has 0 radical (unpaired) electrons. The number of nitrogens with one attached hydrogen (secondary N) is 2. The number of aryl methyl sites for hydroxylation is 1. The number of anilines is 1. The minimum absolute atomic E-state index is 0.0564. The highest BCUT2D eigenvalue weighted by Crippen LogP contribution is 2.36. The Labute approximate surface area is 242 Å². The van der Waals surface area contributed by atoms with Crippen LogP contribution in [0.2, 0.25) is 0 Å². The van der Waals surface area contributed by atoms with Gasteiger partial charge in [-0.2, -0.15) is 4.31 Å². The number of benzene rings is 1. The van der Waals surface area contributed by atoms with Crippen molar-refractivity contribution in [1.29, 1.82) is 0 Å². The molecular weight excluding hydrogens is 546 g/mol. The summed E-state index contributed by atoms with van der Waals surface area (Å²) in [5, 5.41) is 5.53. The predicted molar refractivity (Wildman–Crippen MR) is 162 cm³/mol. The molecule has 4 N–H and O–H groups in total. The Kier molecular flexibility index (Phi) is 10.00. The number of hydrogen-bond donors (Lipinski definition) is 3. The number of piperidine rings is 1. The van der Waals surface area contributed by atoms with Gasteiger partial charge < -0.3 is 16.4 Å². The molecule has 2 amide bonds. The molecule has 3 atom stereocenters. The van der Waals surface area contributed by atoms with Crippen molar-refractivity contribution in [2.75, 3.05) is 25.0 Å². The van der Waals surface area contributed by atoms with E-state index in [1.807, 2.05) is 20.8 Å². The van der Waals surface area contributed by atoms with Gasteiger partial charge in [0.2, 0.25) is 15.9 Å². The van der Waals surface area contributed by atoms with Gasteiger partial charge in [0.15, 0.2) is 0 Å². The van der Waals surface area contributed by atoms with E-state index in [2.05, 4.69) is 22.5 Å². The summed E-state index contributed by atoms with van der Waals surface area (Å²) in [5.74, 6) is -0.150. The molecule has 4 rings (SSSR count). The largest absolute Gasteiger partial charge is 0.400 e. The zero-order valence-electron chi connectivity index (χ0n) is 24.0. The van der Waals surface area contributed by atoms with Crippen molar-refractivity contribution in [1.82, 2.24) is 9.62 Å². The van der Waals surface area contributed by atoms with Gasteiger partial charge in [-0.25, -0.2) is 8.42 Å². The topological polar surface area (TPSA) is 134 Å². The van der Waals surface area contributed by atoms with Gasteiger partial charge in [0.1, 0.15) is 15.2 Å². The number of rotatable bonds is 8. The van der Waals surface area contributed by atoms with Crippen LogP contribution >= 0.6 is 11.8 Å². The zero-order valence-corrected chi connectivity index (χ0v) is 25.7. The molecule has 3 aliphatic rings. The Hall–Kier alpha value is -2.37. The number of aliphatic imine (C=N–C) groups is 1. The molecule has 1 aliphatic carbocycles. The number of nitrogens with zero attached hydrogens (tertiary/aromatic N) is 2. The summed E-state index contributed by atoms with van der Waals surface area (Å²) in [6, 6.07) is 5.04. The summed E-state index contributed by atoms with van der Waals surface area (Å²) in [5.41, 5.74) is 7.91. The fourth-order valence-electron chi connectivity index (χ4n) is 5.45. The van der Waals surface area contributed by atoms with Crippen LogP contribution in [0, 0.1) is 18.8 Å². The highest BCUT2D eigenvalue weighted by Gasteiger charge is 2.40. The van der Waals surface area contributed by atoms with Crippen molar-refractivity contribution in [3.05, 3.63) is 35.0 Å². The first-order chi connectivity index (χ1) is 19.0. The van der Waals surface area contributed by atoms with Gasteiger partial charge in [-0.3, -0.25) is 14.6 Å². The van der Waals surface area contributed by atoms with Crippen LogP contribution in [0.4, 0.5) is 5.69 Å². The van der Waals surface area contributed by atoms with Gasteiger partial charge in [0, 0.05) is 31.4 Å². The minimum Gasteiger partial charge on any atom is -0.400 e. The molecule has 0 spiro atoms. The van der Waals surface area contributed by atoms with Crippen molar-refractivity contribution in [2.45, 2.75) is 88.8 Å². The van der Waals surface area contributed by atoms with E-state index in [1.165, 1.54) is 4.31 Å². The van der Waals surface area contributed by atoms with Gasteiger partial charge in [-0.15, -0.1) is 0 Å². The number of carbonyl (C=O) groups is 2. The summed E-state index contributed by atoms with van der Waals surface area (Å²) in [6.07, 6.45) is 6.84. The number of sulfonamides is 1. The molecule has 220 valence electrons. The lowest BCUT2D eigenvalue weighted by Crippen LogP contribution is -2.42. The average molecular weight is 590 g/mol. The molecule has 2 heterocycles. The van der Waals surface area contributed by atoms with Crippen LogP contribution in [-0.4, -0.2) is 60.5 Å². The van der Waals surface area contributed by atoms with Crippen LogP contribution in [0.1, 0.15) is 71.3 Å². The standard InChI is InChI=1S/C29H43N5O4S2/c1-18(2)17-31-29-24(27(35)32-21-11-7-6-10-20(21)4)25(30)26(39-29)28(36)33-22-13-12-19(3)16-23(22)40(37,38)34-14-8-5-9-15-34/h12-13,16,18,20-21,26H,5-11,14-15,17,30H2,1-4H3,(H,32,35)(H,33,36). The van der Waals surface area contributed by atoms with Gasteiger partial charge in [-0.1, -0.05) is 57.9 Å². The fraction of sp³-hybridized carbons (Fsp3) is 0.621. The second-order valence-electron chi connectivity index (χ2n) is 11.7. The first-order valence-corrected chi connectivity index (χ1v) is 16.7. The molecule has 1 saturated carbocycles. The second-order valence-corrected chi connectivity index (χ2v) is 14.7. The molecule has 0 aromatic heterocycles. The Morgan fingerprint density at radius 3 is 2.50 bits per heavy atom. The predicted octanol–water partition coefficient (Wildman–Crippen LogP) is 4.19. The lowest BCUT2D eigenvalue weighted by molar-refractivity contribution is -0.118. The average Bonchev–Trinajstić information content (AvgIpc) is 3.26. The fourth-order valence-corrected chi connectivity index (χ4v) is 8.31. The SMILES string of the molecule is Cc1ccc(NC(=O)C2SC(=NCC(C)C)C(C(=O)NC3CCCCC3C)=C2N)c(S(=O)(=O)N2CCCCC2)c1. The smallest absolute Gasteiger partial charge is 0.256 e. The molecular formula is C29H43N5O4S2. The molecule has 3 unspecified atom stereocenters. The van der Waals surface area contributed by atoms with Gasteiger partial charge >= 0.3 is 0 Å².